The molecule has 18 heavy (non-hydrogen) atoms. The van der Waals surface area contributed by atoms with E-state index in [0.29, 0.717) is 29.4 Å². The van der Waals surface area contributed by atoms with E-state index in [4.69, 9.17) is 21.4 Å². The van der Waals surface area contributed by atoms with Crippen LogP contribution in [0.1, 0.15) is 18.9 Å². The zero-order chi connectivity index (χ0) is 13.4. The summed E-state index contributed by atoms with van der Waals surface area (Å²) in [5.41, 5.74) is 0.634. The highest BCUT2D eigenvalue weighted by molar-refractivity contribution is 6.32. The predicted octanol–water partition coefficient (Wildman–Crippen LogP) is 3.23. The third kappa shape index (κ3) is 4.52. The number of hydrogen-bond donors (Lipinski definition) is 1. The van der Waals surface area contributed by atoms with Gasteiger partial charge < -0.3 is 9.84 Å². The number of ether oxygens (including phenoxy) is 1. The second-order valence-electron chi connectivity index (χ2n) is 3.35. The first kappa shape index (κ1) is 14.1. The van der Waals surface area contributed by atoms with E-state index in [1.807, 2.05) is 0 Å². The number of rotatable bonds is 5. The van der Waals surface area contributed by atoms with Crippen molar-refractivity contribution in [2.75, 3.05) is 6.61 Å². The lowest BCUT2D eigenvalue weighted by molar-refractivity contribution is -0.131. The highest BCUT2D eigenvalue weighted by Crippen LogP contribution is 2.29. The normalized spacial score (nSPS) is 9.89. The zero-order valence-electron chi connectivity index (χ0n) is 9.94. The van der Waals surface area contributed by atoms with Crippen LogP contribution >= 0.6 is 11.6 Å². The number of para-hydroxylation sites is 1. The Labute approximate surface area is 111 Å². The number of halogens is 1. The van der Waals surface area contributed by atoms with Crippen molar-refractivity contribution in [3.8, 4) is 17.6 Å². The number of benzene rings is 1. The summed E-state index contributed by atoms with van der Waals surface area (Å²) < 4.78 is 5.52. The van der Waals surface area contributed by atoms with Gasteiger partial charge >= 0.3 is 5.97 Å². The summed E-state index contributed by atoms with van der Waals surface area (Å²) in [6.45, 7) is 2.18. The smallest absolute Gasteiger partial charge is 0.328 e. The fourth-order valence-corrected chi connectivity index (χ4v) is 1.54. The SMILES string of the molecule is CC#CCCOc1c(Cl)cccc1/C=C/C(=O)O. The van der Waals surface area contributed by atoms with E-state index in [1.54, 1.807) is 25.1 Å². The van der Waals surface area contributed by atoms with Crippen molar-refractivity contribution in [2.24, 2.45) is 0 Å². The maximum atomic E-state index is 10.5. The molecule has 0 heterocycles. The van der Waals surface area contributed by atoms with Gasteiger partial charge in [0.2, 0.25) is 0 Å². The van der Waals surface area contributed by atoms with Crippen LogP contribution in [-0.4, -0.2) is 17.7 Å². The van der Waals surface area contributed by atoms with Gasteiger partial charge in [-0.25, -0.2) is 4.79 Å². The molecule has 94 valence electrons. The molecule has 0 bridgehead atoms. The lowest BCUT2D eigenvalue weighted by Crippen LogP contribution is -1.98. The molecule has 0 radical (unpaired) electrons. The first-order chi connectivity index (χ1) is 8.65. The standard InChI is InChI=1S/C14H13ClO3/c1-2-3-4-10-18-14-11(8-9-13(16)17)6-5-7-12(14)15/h5-9H,4,10H2,1H3,(H,16,17)/b9-8+. The number of carboxylic acid groups (broad SMARTS) is 1. The van der Waals surface area contributed by atoms with Gasteiger partial charge in [-0.2, -0.15) is 0 Å². The van der Waals surface area contributed by atoms with Crippen LogP contribution in [0.2, 0.25) is 5.02 Å². The lowest BCUT2D eigenvalue weighted by Gasteiger charge is -2.09. The minimum atomic E-state index is -1.02. The first-order valence-corrected chi connectivity index (χ1v) is 5.75. The van der Waals surface area contributed by atoms with Gasteiger partial charge in [-0.15, -0.1) is 11.8 Å². The van der Waals surface area contributed by atoms with Crippen LogP contribution in [-0.2, 0) is 4.79 Å². The van der Waals surface area contributed by atoms with E-state index < -0.39 is 5.97 Å². The molecule has 1 rings (SSSR count). The van der Waals surface area contributed by atoms with Crippen molar-refractivity contribution in [3.05, 3.63) is 34.9 Å². The van der Waals surface area contributed by atoms with E-state index in [0.717, 1.165) is 6.08 Å². The van der Waals surface area contributed by atoms with E-state index in [-0.39, 0.29) is 0 Å². The summed E-state index contributed by atoms with van der Waals surface area (Å²) in [7, 11) is 0. The minimum absolute atomic E-state index is 0.415. The Kier molecular flexibility index (Phi) is 5.83. The highest BCUT2D eigenvalue weighted by atomic mass is 35.5. The predicted molar refractivity (Wildman–Crippen MR) is 71.7 cm³/mol. The van der Waals surface area contributed by atoms with Gasteiger partial charge in [-0.1, -0.05) is 23.7 Å². The average Bonchev–Trinajstić information content (AvgIpc) is 2.34. The molecule has 0 atom stereocenters. The van der Waals surface area contributed by atoms with E-state index >= 15 is 0 Å². The number of carboxylic acids is 1. The average molecular weight is 265 g/mol. The Hall–Kier alpha value is -1.92. The molecule has 0 aliphatic rings. The molecule has 0 spiro atoms. The first-order valence-electron chi connectivity index (χ1n) is 5.37. The van der Waals surface area contributed by atoms with Crippen molar-refractivity contribution in [1.82, 2.24) is 0 Å². The molecule has 0 aromatic heterocycles. The molecule has 0 aliphatic heterocycles. The molecule has 0 saturated carbocycles. The Morgan fingerprint density at radius 2 is 2.33 bits per heavy atom. The number of hydrogen-bond acceptors (Lipinski definition) is 2. The molecule has 3 nitrogen and oxygen atoms in total. The van der Waals surface area contributed by atoms with E-state index in [9.17, 15) is 4.79 Å². The molecule has 1 N–H and O–H groups in total. The third-order valence-electron chi connectivity index (χ3n) is 2.05. The van der Waals surface area contributed by atoms with E-state index in [1.165, 1.54) is 6.08 Å². The quantitative estimate of drug-likeness (QED) is 0.505. The maximum absolute atomic E-state index is 10.5. The second-order valence-corrected chi connectivity index (χ2v) is 3.76. The van der Waals surface area contributed by atoms with Gasteiger partial charge in [0.15, 0.2) is 0 Å². The molecule has 0 aliphatic carbocycles. The molecular formula is C14H13ClO3. The zero-order valence-corrected chi connectivity index (χ0v) is 10.7. The summed E-state index contributed by atoms with van der Waals surface area (Å²) in [6, 6.07) is 5.18. The van der Waals surface area contributed by atoms with Gasteiger partial charge in [0.25, 0.3) is 0 Å². The Balaban J connectivity index is 2.85. The van der Waals surface area contributed by atoms with Crippen LogP contribution in [0.4, 0.5) is 0 Å². The fraction of sp³-hybridized carbons (Fsp3) is 0.214. The van der Waals surface area contributed by atoms with Crippen LogP contribution in [0.5, 0.6) is 5.75 Å². The summed E-state index contributed by atoms with van der Waals surface area (Å²) >= 11 is 6.02. The second kappa shape index (κ2) is 7.41. The van der Waals surface area contributed by atoms with Crippen LogP contribution in [0, 0.1) is 11.8 Å². The fourth-order valence-electron chi connectivity index (χ4n) is 1.30. The summed E-state index contributed by atoms with van der Waals surface area (Å²) in [5, 5.41) is 9.05. The van der Waals surface area contributed by atoms with Gasteiger partial charge in [0.05, 0.1) is 11.6 Å². The van der Waals surface area contributed by atoms with Crippen molar-refractivity contribution in [1.29, 1.82) is 0 Å². The van der Waals surface area contributed by atoms with Gasteiger partial charge in [-0.3, -0.25) is 0 Å². The van der Waals surface area contributed by atoms with Crippen molar-refractivity contribution >= 4 is 23.6 Å². The summed E-state index contributed by atoms with van der Waals surface area (Å²) in [6.07, 6.45) is 3.10. The number of aliphatic carboxylic acids is 1. The van der Waals surface area contributed by atoms with Crippen molar-refractivity contribution < 1.29 is 14.6 Å². The molecule has 0 amide bonds. The molecule has 0 fully saturated rings. The molecular weight excluding hydrogens is 252 g/mol. The Morgan fingerprint density at radius 3 is 3.00 bits per heavy atom. The molecule has 1 aromatic rings. The monoisotopic (exact) mass is 264 g/mol. The third-order valence-corrected chi connectivity index (χ3v) is 2.35. The maximum Gasteiger partial charge on any atom is 0.328 e. The van der Waals surface area contributed by atoms with Crippen LogP contribution < -0.4 is 4.74 Å². The van der Waals surface area contributed by atoms with Crippen molar-refractivity contribution in [3.63, 3.8) is 0 Å². The molecule has 0 saturated heterocycles. The van der Waals surface area contributed by atoms with Crippen LogP contribution in [0.3, 0.4) is 0 Å². The van der Waals surface area contributed by atoms with Gasteiger partial charge in [0, 0.05) is 18.1 Å². The molecule has 0 unspecified atom stereocenters. The van der Waals surface area contributed by atoms with Crippen LogP contribution in [0.15, 0.2) is 24.3 Å². The lowest BCUT2D eigenvalue weighted by atomic mass is 10.2. The van der Waals surface area contributed by atoms with Gasteiger partial charge in [0.1, 0.15) is 5.75 Å². The highest BCUT2D eigenvalue weighted by Gasteiger charge is 2.06. The van der Waals surface area contributed by atoms with Gasteiger partial charge in [-0.05, 0) is 19.1 Å². The molecule has 1 aromatic carbocycles. The number of carbonyl (C=O) groups is 1. The Morgan fingerprint density at radius 1 is 1.56 bits per heavy atom. The minimum Gasteiger partial charge on any atom is -0.490 e. The summed E-state index contributed by atoms with van der Waals surface area (Å²) in [5.74, 6) is 5.11. The topological polar surface area (TPSA) is 46.5 Å². The molecule has 4 heteroatoms. The van der Waals surface area contributed by atoms with E-state index in [2.05, 4.69) is 11.8 Å². The van der Waals surface area contributed by atoms with Crippen LogP contribution in [0.25, 0.3) is 6.08 Å². The summed E-state index contributed by atoms with van der Waals surface area (Å²) in [4.78, 5) is 10.5. The van der Waals surface area contributed by atoms with Crippen molar-refractivity contribution in [2.45, 2.75) is 13.3 Å². The Bertz CT molecular complexity index is 510. The largest absolute Gasteiger partial charge is 0.490 e.